The van der Waals surface area contributed by atoms with Crippen molar-refractivity contribution in [1.82, 2.24) is 15.5 Å². The van der Waals surface area contributed by atoms with E-state index in [1.165, 1.54) is 6.92 Å². The van der Waals surface area contributed by atoms with Gasteiger partial charge in [-0.3, -0.25) is 4.79 Å². The molecule has 1 saturated carbocycles. The van der Waals surface area contributed by atoms with Crippen LogP contribution >= 0.6 is 0 Å². The summed E-state index contributed by atoms with van der Waals surface area (Å²) in [6.07, 6.45) is 0.713. The summed E-state index contributed by atoms with van der Waals surface area (Å²) in [5.74, 6) is -2.90. The number of esters is 1. The summed E-state index contributed by atoms with van der Waals surface area (Å²) in [6, 6.07) is 14.5. The number of alkyl halides is 3. The molecule has 1 unspecified atom stereocenters. The highest BCUT2D eigenvalue weighted by molar-refractivity contribution is 5.78. The van der Waals surface area contributed by atoms with Gasteiger partial charge in [0.25, 0.3) is 0 Å². The van der Waals surface area contributed by atoms with Crippen molar-refractivity contribution in [3.8, 4) is 0 Å². The third-order valence-corrected chi connectivity index (χ3v) is 8.74. The van der Waals surface area contributed by atoms with Crippen LogP contribution in [0.5, 0.6) is 0 Å². The number of ether oxygens (including phenoxy) is 1. The maximum absolute atomic E-state index is 13.5. The first-order chi connectivity index (χ1) is 20.5. The zero-order chi connectivity index (χ0) is 31.0. The second-order valence-electron chi connectivity index (χ2n) is 11.7. The molecule has 2 aliphatic rings. The second-order valence-corrected chi connectivity index (χ2v) is 11.7. The molecule has 43 heavy (non-hydrogen) atoms. The summed E-state index contributed by atoms with van der Waals surface area (Å²) in [6.45, 7) is 3.90. The standard InChI is InChI=1S/C32H40F3N3O5/c1-22(31(25-10-4-2-5-11-25,26-12-6-3-7-13-26)43-29(41)32(33,34)35)36-30(42)37-27-16-14-23(15-17-27)18-20-38-19-8-9-24(21-38)28(39)40/h2-7,10-13,22-24,27H,8-9,14-21H2,1H3,(H,39,40)(H2,36,37,42)/t22-,23?,24?,27?/m1/s1. The molecule has 1 saturated heterocycles. The number of rotatable bonds is 10. The van der Waals surface area contributed by atoms with E-state index in [0.29, 0.717) is 12.5 Å². The number of nitrogens with zero attached hydrogens (tertiary/aromatic N) is 1. The van der Waals surface area contributed by atoms with Crippen LogP contribution in [0.4, 0.5) is 18.0 Å². The van der Waals surface area contributed by atoms with E-state index in [1.54, 1.807) is 60.7 Å². The molecule has 4 rings (SSSR count). The zero-order valence-electron chi connectivity index (χ0n) is 24.3. The molecule has 2 aromatic carbocycles. The molecule has 2 atom stereocenters. The van der Waals surface area contributed by atoms with E-state index in [2.05, 4.69) is 15.5 Å². The molecular weight excluding hydrogens is 563 g/mol. The van der Waals surface area contributed by atoms with Gasteiger partial charge in [0.2, 0.25) is 0 Å². The predicted octanol–water partition coefficient (Wildman–Crippen LogP) is 5.47. The van der Waals surface area contributed by atoms with Crippen molar-refractivity contribution in [2.75, 3.05) is 19.6 Å². The lowest BCUT2D eigenvalue weighted by Crippen LogP contribution is -2.56. The van der Waals surface area contributed by atoms with Gasteiger partial charge in [0.1, 0.15) is 0 Å². The van der Waals surface area contributed by atoms with Gasteiger partial charge in [0.05, 0.1) is 12.0 Å². The van der Waals surface area contributed by atoms with Crippen LogP contribution in [0.1, 0.15) is 63.0 Å². The van der Waals surface area contributed by atoms with Gasteiger partial charge in [-0.25, -0.2) is 9.59 Å². The highest BCUT2D eigenvalue weighted by atomic mass is 19.4. The van der Waals surface area contributed by atoms with Gasteiger partial charge < -0.3 is 25.4 Å². The van der Waals surface area contributed by atoms with Crippen molar-refractivity contribution in [3.63, 3.8) is 0 Å². The number of amides is 2. The number of aliphatic carboxylic acids is 1. The van der Waals surface area contributed by atoms with Crippen LogP contribution in [0.25, 0.3) is 0 Å². The molecule has 0 bridgehead atoms. The zero-order valence-corrected chi connectivity index (χ0v) is 24.3. The van der Waals surface area contributed by atoms with E-state index in [9.17, 15) is 32.7 Å². The molecule has 0 spiro atoms. The number of urea groups is 1. The van der Waals surface area contributed by atoms with Gasteiger partial charge in [0, 0.05) is 23.7 Å². The summed E-state index contributed by atoms with van der Waals surface area (Å²) >= 11 is 0. The number of piperidine rings is 1. The number of carboxylic acid groups (broad SMARTS) is 1. The largest absolute Gasteiger partial charge is 0.490 e. The van der Waals surface area contributed by atoms with E-state index in [1.807, 2.05) is 0 Å². The third kappa shape index (κ3) is 8.28. The average Bonchev–Trinajstić information content (AvgIpc) is 2.99. The minimum atomic E-state index is -5.23. The molecule has 1 aliphatic heterocycles. The van der Waals surface area contributed by atoms with E-state index < -0.39 is 35.8 Å². The predicted molar refractivity (Wildman–Crippen MR) is 154 cm³/mol. The van der Waals surface area contributed by atoms with Crippen LogP contribution in [-0.4, -0.2) is 65.9 Å². The Bertz CT molecular complexity index is 1180. The van der Waals surface area contributed by atoms with Crippen LogP contribution in [0.15, 0.2) is 60.7 Å². The summed E-state index contributed by atoms with van der Waals surface area (Å²) in [7, 11) is 0. The SMILES string of the molecule is C[C@@H](NC(=O)NC1CCC(CCN2CCCC(C(=O)O)C2)CC1)C(OC(=O)C(F)(F)F)(c1ccccc1)c1ccccc1. The van der Waals surface area contributed by atoms with Gasteiger partial charge in [-0.15, -0.1) is 0 Å². The summed E-state index contributed by atoms with van der Waals surface area (Å²) in [5.41, 5.74) is -1.37. The number of carboxylic acids is 1. The summed E-state index contributed by atoms with van der Waals surface area (Å²) in [4.78, 5) is 39.0. The lowest BCUT2D eigenvalue weighted by Gasteiger charge is -2.40. The van der Waals surface area contributed by atoms with Gasteiger partial charge >= 0.3 is 24.1 Å². The number of carbonyl (C=O) groups excluding carboxylic acids is 2. The molecule has 11 heteroatoms. The fourth-order valence-corrected chi connectivity index (χ4v) is 6.39. The number of carbonyl (C=O) groups is 3. The molecule has 0 radical (unpaired) electrons. The first-order valence-electron chi connectivity index (χ1n) is 14.9. The topological polar surface area (TPSA) is 108 Å². The number of benzene rings is 2. The lowest BCUT2D eigenvalue weighted by molar-refractivity contribution is -0.213. The average molecular weight is 604 g/mol. The van der Waals surface area contributed by atoms with Crippen LogP contribution < -0.4 is 10.6 Å². The molecule has 8 nitrogen and oxygen atoms in total. The monoisotopic (exact) mass is 603 g/mol. The Labute approximate surface area is 250 Å². The number of halogens is 3. The van der Waals surface area contributed by atoms with Gasteiger partial charge in [-0.2, -0.15) is 13.2 Å². The van der Waals surface area contributed by atoms with Crippen molar-refractivity contribution in [3.05, 3.63) is 71.8 Å². The molecule has 2 amide bonds. The Hall–Kier alpha value is -3.60. The van der Waals surface area contributed by atoms with Gasteiger partial charge in [-0.1, -0.05) is 60.7 Å². The second kappa shape index (κ2) is 14.2. The van der Waals surface area contributed by atoms with Crippen molar-refractivity contribution in [2.24, 2.45) is 11.8 Å². The Morgan fingerprint density at radius 3 is 2.07 bits per heavy atom. The van der Waals surface area contributed by atoms with E-state index in [0.717, 1.165) is 58.0 Å². The first kappa shape index (κ1) is 32.3. The fraction of sp³-hybridized carbons (Fsp3) is 0.531. The van der Waals surface area contributed by atoms with Crippen LogP contribution in [0.3, 0.4) is 0 Å². The van der Waals surface area contributed by atoms with Crippen molar-refractivity contribution in [2.45, 2.75) is 75.7 Å². The summed E-state index contributed by atoms with van der Waals surface area (Å²) < 4.78 is 45.8. The van der Waals surface area contributed by atoms with Gasteiger partial charge in [-0.05, 0) is 70.9 Å². The van der Waals surface area contributed by atoms with E-state index in [4.69, 9.17) is 4.74 Å². The van der Waals surface area contributed by atoms with Crippen LogP contribution in [0, 0.1) is 11.8 Å². The van der Waals surface area contributed by atoms with Crippen LogP contribution in [0.2, 0.25) is 0 Å². The van der Waals surface area contributed by atoms with Crippen LogP contribution in [-0.2, 0) is 19.9 Å². The Kier molecular flexibility index (Phi) is 10.7. The first-order valence-corrected chi connectivity index (χ1v) is 14.9. The number of hydrogen-bond donors (Lipinski definition) is 3. The lowest BCUT2D eigenvalue weighted by atomic mass is 9.80. The minimum Gasteiger partial charge on any atom is -0.481 e. The molecule has 234 valence electrons. The minimum absolute atomic E-state index is 0.101. The highest BCUT2D eigenvalue weighted by Crippen LogP contribution is 2.39. The van der Waals surface area contributed by atoms with E-state index in [-0.39, 0.29) is 23.1 Å². The number of likely N-dealkylation sites (tertiary alicyclic amines) is 1. The maximum Gasteiger partial charge on any atom is 0.490 e. The fourth-order valence-electron chi connectivity index (χ4n) is 6.39. The molecule has 2 aromatic rings. The summed E-state index contributed by atoms with van der Waals surface area (Å²) in [5, 5.41) is 15.1. The van der Waals surface area contributed by atoms with Crippen molar-refractivity contribution < 1.29 is 37.4 Å². The molecular formula is C32H40F3N3O5. The molecule has 1 heterocycles. The van der Waals surface area contributed by atoms with Crippen molar-refractivity contribution >= 4 is 18.0 Å². The molecule has 1 aliphatic carbocycles. The molecule has 2 fully saturated rings. The Morgan fingerprint density at radius 1 is 0.953 bits per heavy atom. The van der Waals surface area contributed by atoms with Gasteiger partial charge in [0.15, 0.2) is 5.60 Å². The smallest absolute Gasteiger partial charge is 0.481 e. The van der Waals surface area contributed by atoms with E-state index >= 15 is 0 Å². The normalized spacial score (nSPS) is 22.3. The number of nitrogens with one attached hydrogen (secondary N) is 2. The molecule has 3 N–H and O–H groups in total. The Morgan fingerprint density at radius 2 is 1.53 bits per heavy atom. The van der Waals surface area contributed by atoms with Crippen molar-refractivity contribution in [1.29, 1.82) is 0 Å². The highest BCUT2D eigenvalue weighted by Gasteiger charge is 2.51. The number of hydrogen-bond acceptors (Lipinski definition) is 5. The quantitative estimate of drug-likeness (QED) is 0.311. The molecule has 0 aromatic heterocycles. The third-order valence-electron chi connectivity index (χ3n) is 8.74. The Balaban J connectivity index is 1.39. The maximum atomic E-state index is 13.5.